The quantitative estimate of drug-likeness (QED) is 0.762. The van der Waals surface area contributed by atoms with Crippen LogP contribution in [0, 0.1) is 0 Å². The lowest BCUT2D eigenvalue weighted by Gasteiger charge is -2.16. The van der Waals surface area contributed by atoms with E-state index in [1.807, 2.05) is 6.07 Å². The van der Waals surface area contributed by atoms with Gasteiger partial charge in [0.2, 0.25) is 10.0 Å². The van der Waals surface area contributed by atoms with E-state index in [0.717, 1.165) is 4.31 Å². The lowest BCUT2D eigenvalue weighted by atomic mass is 10.3. The molecule has 0 aliphatic carbocycles. The summed E-state index contributed by atoms with van der Waals surface area (Å²) >= 11 is 0. The minimum Gasteiger partial charge on any atom is -0.492 e. The normalized spacial score (nSPS) is 11.2. The molecular weight excluding hydrogens is 356 g/mol. The number of hydrogen-bond donors (Lipinski definition) is 1. The van der Waals surface area contributed by atoms with E-state index < -0.39 is 15.9 Å². The zero-order valence-electron chi connectivity index (χ0n) is 14.9. The molecule has 26 heavy (non-hydrogen) atoms. The van der Waals surface area contributed by atoms with Gasteiger partial charge in [-0.25, -0.2) is 12.7 Å². The third-order valence-corrected chi connectivity index (χ3v) is 5.24. The first-order valence-corrected chi connectivity index (χ1v) is 9.45. The van der Waals surface area contributed by atoms with E-state index in [0.29, 0.717) is 18.0 Å². The molecule has 0 aliphatic rings. The second kappa shape index (κ2) is 8.68. The monoisotopic (exact) mass is 378 g/mol. The summed E-state index contributed by atoms with van der Waals surface area (Å²) in [6.07, 6.45) is 0. The highest BCUT2D eigenvalue weighted by molar-refractivity contribution is 7.89. The van der Waals surface area contributed by atoms with Crippen molar-refractivity contribution in [3.05, 3.63) is 48.5 Å². The Bertz CT molecular complexity index is 851. The number of benzene rings is 2. The van der Waals surface area contributed by atoms with E-state index in [1.165, 1.54) is 26.2 Å². The maximum absolute atomic E-state index is 12.5. The van der Waals surface area contributed by atoms with Gasteiger partial charge in [0.15, 0.2) is 6.61 Å². The number of ether oxygens (including phenoxy) is 2. The average molecular weight is 378 g/mol. The fourth-order valence-corrected chi connectivity index (χ4v) is 3.17. The smallest absolute Gasteiger partial charge is 0.262 e. The number of nitrogens with zero attached hydrogens (tertiary/aromatic N) is 1. The number of amides is 1. The third-order valence-electron chi connectivity index (χ3n) is 3.40. The first kappa shape index (κ1) is 19.7. The van der Waals surface area contributed by atoms with Gasteiger partial charge in [0, 0.05) is 19.8 Å². The second-order valence-electron chi connectivity index (χ2n) is 5.53. The van der Waals surface area contributed by atoms with E-state index in [4.69, 9.17) is 9.47 Å². The van der Waals surface area contributed by atoms with Crippen molar-refractivity contribution in [2.24, 2.45) is 0 Å². The molecule has 2 aromatic rings. The SMILES string of the molecule is CCOc1ccc(NC(=O)COc2ccccc2)cc1S(=O)(=O)N(C)C. The number of anilines is 1. The van der Waals surface area contributed by atoms with Crippen LogP contribution in [0.2, 0.25) is 0 Å². The Morgan fingerprint density at radius 3 is 2.38 bits per heavy atom. The van der Waals surface area contributed by atoms with Gasteiger partial charge in [0.25, 0.3) is 5.91 Å². The number of hydrogen-bond acceptors (Lipinski definition) is 5. The molecule has 2 rings (SSSR count). The zero-order chi connectivity index (χ0) is 19.2. The fourth-order valence-electron chi connectivity index (χ4n) is 2.12. The predicted octanol–water partition coefficient (Wildman–Crippen LogP) is 2.35. The third kappa shape index (κ3) is 4.96. The van der Waals surface area contributed by atoms with E-state index in [-0.39, 0.29) is 17.3 Å². The maximum Gasteiger partial charge on any atom is 0.262 e. The molecule has 0 radical (unpaired) electrons. The molecule has 1 amide bonds. The van der Waals surface area contributed by atoms with Crippen LogP contribution in [-0.4, -0.2) is 45.9 Å². The van der Waals surface area contributed by atoms with Crippen molar-refractivity contribution < 1.29 is 22.7 Å². The molecular formula is C18H22N2O5S. The number of rotatable bonds is 8. The van der Waals surface area contributed by atoms with Gasteiger partial charge in [0.05, 0.1) is 6.61 Å². The van der Waals surface area contributed by atoms with Crippen LogP contribution < -0.4 is 14.8 Å². The summed E-state index contributed by atoms with van der Waals surface area (Å²) in [4.78, 5) is 12.1. The summed E-state index contributed by atoms with van der Waals surface area (Å²) in [7, 11) is -0.848. The Labute approximate surface area is 153 Å². The van der Waals surface area contributed by atoms with Gasteiger partial charge in [-0.15, -0.1) is 0 Å². The fraction of sp³-hybridized carbons (Fsp3) is 0.278. The van der Waals surface area contributed by atoms with Crippen LogP contribution in [0.1, 0.15) is 6.92 Å². The van der Waals surface area contributed by atoms with Gasteiger partial charge >= 0.3 is 0 Å². The second-order valence-corrected chi connectivity index (χ2v) is 7.65. The highest BCUT2D eigenvalue weighted by Crippen LogP contribution is 2.29. The first-order chi connectivity index (χ1) is 12.3. The number of sulfonamides is 1. The van der Waals surface area contributed by atoms with E-state index in [2.05, 4.69) is 5.32 Å². The minimum absolute atomic E-state index is 0.00822. The molecule has 0 aromatic heterocycles. The van der Waals surface area contributed by atoms with Crippen molar-refractivity contribution in [3.63, 3.8) is 0 Å². The zero-order valence-corrected chi connectivity index (χ0v) is 15.7. The van der Waals surface area contributed by atoms with Crippen LogP contribution in [0.5, 0.6) is 11.5 Å². The van der Waals surface area contributed by atoms with Gasteiger partial charge in [-0.3, -0.25) is 4.79 Å². The Morgan fingerprint density at radius 1 is 1.08 bits per heavy atom. The standard InChI is InChI=1S/C18H22N2O5S/c1-4-24-16-11-10-14(12-17(16)26(22,23)20(2)3)19-18(21)13-25-15-8-6-5-7-9-15/h5-12H,4,13H2,1-3H3,(H,19,21). The molecule has 0 saturated carbocycles. The molecule has 140 valence electrons. The molecule has 0 bridgehead atoms. The largest absolute Gasteiger partial charge is 0.492 e. The van der Waals surface area contributed by atoms with E-state index in [9.17, 15) is 13.2 Å². The molecule has 2 aromatic carbocycles. The van der Waals surface area contributed by atoms with Gasteiger partial charge < -0.3 is 14.8 Å². The van der Waals surface area contributed by atoms with Crippen LogP contribution in [0.25, 0.3) is 0 Å². The van der Waals surface area contributed by atoms with Gasteiger partial charge in [-0.1, -0.05) is 18.2 Å². The molecule has 0 aliphatic heterocycles. The number of para-hydroxylation sites is 1. The Balaban J connectivity index is 2.15. The number of carbonyl (C=O) groups is 1. The molecule has 0 unspecified atom stereocenters. The molecule has 0 atom stereocenters. The molecule has 7 nitrogen and oxygen atoms in total. The Morgan fingerprint density at radius 2 is 1.77 bits per heavy atom. The van der Waals surface area contributed by atoms with E-state index >= 15 is 0 Å². The Hall–Kier alpha value is -2.58. The van der Waals surface area contributed by atoms with Crippen molar-refractivity contribution in [2.45, 2.75) is 11.8 Å². The van der Waals surface area contributed by atoms with Crippen molar-refractivity contribution in [2.75, 3.05) is 32.6 Å². The predicted molar refractivity (Wildman–Crippen MR) is 99.1 cm³/mol. The molecule has 0 fully saturated rings. The van der Waals surface area contributed by atoms with Crippen molar-refractivity contribution in [1.29, 1.82) is 0 Å². The molecule has 8 heteroatoms. The first-order valence-electron chi connectivity index (χ1n) is 8.01. The highest BCUT2D eigenvalue weighted by Gasteiger charge is 2.23. The maximum atomic E-state index is 12.5. The lowest BCUT2D eigenvalue weighted by Crippen LogP contribution is -2.24. The van der Waals surface area contributed by atoms with E-state index in [1.54, 1.807) is 37.3 Å². The highest BCUT2D eigenvalue weighted by atomic mass is 32.2. The van der Waals surface area contributed by atoms with Gasteiger partial charge in [0.1, 0.15) is 16.4 Å². The van der Waals surface area contributed by atoms with Crippen LogP contribution >= 0.6 is 0 Å². The summed E-state index contributed by atoms with van der Waals surface area (Å²) in [5.74, 6) is 0.413. The topological polar surface area (TPSA) is 84.9 Å². The van der Waals surface area contributed by atoms with Crippen LogP contribution in [-0.2, 0) is 14.8 Å². The minimum atomic E-state index is -3.72. The van der Waals surface area contributed by atoms with Crippen LogP contribution in [0.15, 0.2) is 53.4 Å². The lowest BCUT2D eigenvalue weighted by molar-refractivity contribution is -0.118. The summed E-state index contributed by atoms with van der Waals surface area (Å²) in [5.41, 5.74) is 0.343. The van der Waals surface area contributed by atoms with Gasteiger partial charge in [-0.2, -0.15) is 0 Å². The summed E-state index contributed by atoms with van der Waals surface area (Å²) < 4.78 is 36.8. The Kier molecular flexibility index (Phi) is 6.59. The average Bonchev–Trinajstić information content (AvgIpc) is 2.62. The van der Waals surface area contributed by atoms with Crippen LogP contribution in [0.4, 0.5) is 5.69 Å². The summed E-state index contributed by atoms with van der Waals surface area (Å²) in [6, 6.07) is 13.4. The molecule has 1 N–H and O–H groups in total. The molecule has 0 spiro atoms. The molecule has 0 saturated heterocycles. The summed E-state index contributed by atoms with van der Waals surface area (Å²) in [5, 5.41) is 2.63. The van der Waals surface area contributed by atoms with Crippen molar-refractivity contribution in [1.82, 2.24) is 4.31 Å². The number of nitrogens with one attached hydrogen (secondary N) is 1. The van der Waals surface area contributed by atoms with Crippen molar-refractivity contribution in [3.8, 4) is 11.5 Å². The van der Waals surface area contributed by atoms with Gasteiger partial charge in [-0.05, 0) is 37.3 Å². The molecule has 0 heterocycles. The summed E-state index contributed by atoms with van der Waals surface area (Å²) in [6.45, 7) is 1.90. The van der Waals surface area contributed by atoms with Crippen LogP contribution in [0.3, 0.4) is 0 Å². The number of carbonyl (C=O) groups excluding carboxylic acids is 1. The van der Waals surface area contributed by atoms with Crippen molar-refractivity contribution >= 4 is 21.6 Å².